The van der Waals surface area contributed by atoms with Crippen LogP contribution < -0.4 is 5.73 Å². The van der Waals surface area contributed by atoms with Gasteiger partial charge in [-0.15, -0.1) is 0 Å². The third-order valence-corrected chi connectivity index (χ3v) is 4.59. The first-order valence-electron chi connectivity index (χ1n) is 8.51. The van der Waals surface area contributed by atoms with Gasteiger partial charge in [-0.25, -0.2) is 13.8 Å². The summed E-state index contributed by atoms with van der Waals surface area (Å²) in [6.45, 7) is 0.656. The Balaban J connectivity index is 1.65. The normalized spacial score (nSPS) is 14.6. The Morgan fingerprint density at radius 3 is 2.89 bits per heavy atom. The van der Waals surface area contributed by atoms with E-state index in [2.05, 4.69) is 4.98 Å². The van der Waals surface area contributed by atoms with Gasteiger partial charge in [0.15, 0.2) is 6.29 Å². The molecule has 8 heteroatoms. The second-order valence-electron chi connectivity index (χ2n) is 6.59. The highest BCUT2D eigenvalue weighted by Gasteiger charge is 2.24. The fraction of sp³-hybridized carbons (Fsp3) is 0.316. The predicted octanol–water partition coefficient (Wildman–Crippen LogP) is 1.72. The van der Waals surface area contributed by atoms with Crippen molar-refractivity contribution in [2.24, 2.45) is 5.73 Å². The van der Waals surface area contributed by atoms with Crippen molar-refractivity contribution in [3.8, 4) is 5.88 Å². The van der Waals surface area contributed by atoms with Crippen molar-refractivity contribution in [2.45, 2.75) is 31.8 Å². The van der Waals surface area contributed by atoms with E-state index < -0.39 is 17.7 Å². The quantitative estimate of drug-likeness (QED) is 0.776. The minimum absolute atomic E-state index is 0.0165. The second kappa shape index (κ2) is 7.79. The molecule has 2 heterocycles. The number of amides is 1. The van der Waals surface area contributed by atoms with Crippen LogP contribution in [0, 0.1) is 11.6 Å². The minimum atomic E-state index is -0.654. The van der Waals surface area contributed by atoms with Crippen LogP contribution in [-0.2, 0) is 24.2 Å². The van der Waals surface area contributed by atoms with Crippen LogP contribution in [0.5, 0.6) is 5.88 Å². The Morgan fingerprint density at radius 2 is 2.15 bits per heavy atom. The molecule has 6 nitrogen and oxygen atoms in total. The van der Waals surface area contributed by atoms with Gasteiger partial charge < -0.3 is 15.7 Å². The van der Waals surface area contributed by atoms with Crippen LogP contribution in [0.15, 0.2) is 24.3 Å². The van der Waals surface area contributed by atoms with E-state index in [1.54, 1.807) is 4.90 Å². The smallest absolute Gasteiger partial charge is 0.224 e. The molecule has 1 aliphatic rings. The Bertz CT molecular complexity index is 889. The number of carbonyl (C=O) groups is 2. The molecule has 3 N–H and O–H groups in total. The van der Waals surface area contributed by atoms with Gasteiger partial charge in [0.25, 0.3) is 0 Å². The lowest BCUT2D eigenvalue weighted by Crippen LogP contribution is -2.40. The number of nitrogens with zero attached hydrogens (tertiary/aromatic N) is 2. The number of nitrogens with two attached hydrogens (primary N) is 1. The standard InChI is InChI=1S/C19H19F2N3O3/c20-14-1-2-16(21)11(6-14)7-15(22)8-18(26)24-4-3-17-12(9-24)5-13(10-25)19(27)23-17/h1-2,5-6,10,15H,3-4,7-9,22H2,(H,23,27)/t15-/m1/s1. The Morgan fingerprint density at radius 1 is 1.37 bits per heavy atom. The summed E-state index contributed by atoms with van der Waals surface area (Å²) < 4.78 is 27.0. The maximum atomic E-state index is 13.7. The average Bonchev–Trinajstić information content (AvgIpc) is 2.63. The maximum Gasteiger partial charge on any atom is 0.224 e. The van der Waals surface area contributed by atoms with Gasteiger partial charge in [0.2, 0.25) is 11.8 Å². The molecule has 2 aromatic rings. The third kappa shape index (κ3) is 4.28. The number of benzene rings is 1. The predicted molar refractivity (Wildman–Crippen MR) is 93.1 cm³/mol. The zero-order chi connectivity index (χ0) is 19.6. The molecule has 0 spiro atoms. The average molecular weight is 375 g/mol. The molecule has 1 amide bonds. The molecule has 0 saturated carbocycles. The zero-order valence-corrected chi connectivity index (χ0v) is 14.5. The van der Waals surface area contributed by atoms with Gasteiger partial charge >= 0.3 is 0 Å². The molecule has 0 fully saturated rings. The van der Waals surface area contributed by atoms with Crippen LogP contribution in [0.25, 0.3) is 0 Å². The highest BCUT2D eigenvalue weighted by molar-refractivity contribution is 5.79. The molecule has 1 atom stereocenters. The molecular weight excluding hydrogens is 356 g/mol. The summed E-state index contributed by atoms with van der Waals surface area (Å²) in [4.78, 5) is 29.0. The molecule has 142 valence electrons. The van der Waals surface area contributed by atoms with Crippen LogP contribution in [0.1, 0.15) is 33.6 Å². The number of carbonyl (C=O) groups excluding carboxylic acids is 2. The summed E-state index contributed by atoms with van der Waals surface area (Å²) in [5, 5.41) is 9.65. The summed E-state index contributed by atoms with van der Waals surface area (Å²) in [5.41, 5.74) is 7.51. The van der Waals surface area contributed by atoms with Crippen LogP contribution >= 0.6 is 0 Å². The Kier molecular flexibility index (Phi) is 5.46. The number of aldehydes is 1. The molecule has 0 unspecified atom stereocenters. The number of aromatic hydroxyl groups is 1. The number of aromatic nitrogens is 1. The van der Waals surface area contributed by atoms with Crippen molar-refractivity contribution in [2.75, 3.05) is 6.54 Å². The Hall–Kier alpha value is -2.87. The van der Waals surface area contributed by atoms with Crippen molar-refractivity contribution >= 4 is 12.2 Å². The lowest BCUT2D eigenvalue weighted by atomic mass is 10.0. The van der Waals surface area contributed by atoms with Crippen molar-refractivity contribution < 1.29 is 23.5 Å². The fourth-order valence-electron chi connectivity index (χ4n) is 3.19. The third-order valence-electron chi connectivity index (χ3n) is 4.59. The molecule has 0 saturated heterocycles. The molecule has 0 bridgehead atoms. The monoisotopic (exact) mass is 375 g/mol. The molecule has 27 heavy (non-hydrogen) atoms. The number of rotatable bonds is 5. The van der Waals surface area contributed by atoms with E-state index in [4.69, 9.17) is 5.73 Å². The largest absolute Gasteiger partial charge is 0.493 e. The number of hydrogen-bond acceptors (Lipinski definition) is 5. The van der Waals surface area contributed by atoms with Gasteiger partial charge in [-0.1, -0.05) is 0 Å². The van der Waals surface area contributed by atoms with Gasteiger partial charge in [-0.3, -0.25) is 9.59 Å². The lowest BCUT2D eigenvalue weighted by molar-refractivity contribution is -0.132. The molecule has 0 aliphatic carbocycles. The highest BCUT2D eigenvalue weighted by atomic mass is 19.1. The van der Waals surface area contributed by atoms with Crippen LogP contribution in [0.3, 0.4) is 0 Å². The van der Waals surface area contributed by atoms with E-state index in [9.17, 15) is 23.5 Å². The SMILES string of the molecule is N[C@@H](CC(=O)N1CCc2nc(O)c(C=O)cc2C1)Cc1cc(F)ccc1F. The van der Waals surface area contributed by atoms with E-state index in [1.807, 2.05) is 0 Å². The van der Waals surface area contributed by atoms with Crippen molar-refractivity contribution in [3.63, 3.8) is 0 Å². The van der Waals surface area contributed by atoms with Gasteiger partial charge in [0.05, 0.1) is 11.3 Å². The lowest BCUT2D eigenvalue weighted by Gasteiger charge is -2.29. The number of pyridine rings is 1. The Labute approximate surface area is 154 Å². The number of fused-ring (bicyclic) bond motifs is 1. The van der Waals surface area contributed by atoms with E-state index in [0.717, 1.165) is 18.2 Å². The molecular formula is C19H19F2N3O3. The summed E-state index contributed by atoms with van der Waals surface area (Å²) in [6, 6.07) is 4.01. The van der Waals surface area contributed by atoms with E-state index >= 15 is 0 Å². The highest BCUT2D eigenvalue weighted by Crippen LogP contribution is 2.23. The molecule has 1 aromatic carbocycles. The first-order chi connectivity index (χ1) is 12.9. The van der Waals surface area contributed by atoms with Gasteiger partial charge in [0.1, 0.15) is 11.6 Å². The zero-order valence-electron chi connectivity index (χ0n) is 14.5. The first-order valence-corrected chi connectivity index (χ1v) is 8.51. The maximum absolute atomic E-state index is 13.7. The van der Waals surface area contributed by atoms with Crippen LogP contribution in [0.4, 0.5) is 8.78 Å². The van der Waals surface area contributed by atoms with Crippen molar-refractivity contribution in [1.29, 1.82) is 0 Å². The van der Waals surface area contributed by atoms with E-state index in [1.165, 1.54) is 6.07 Å². The molecule has 1 aliphatic heterocycles. The van der Waals surface area contributed by atoms with Crippen LogP contribution in [0.2, 0.25) is 0 Å². The second-order valence-corrected chi connectivity index (χ2v) is 6.59. The van der Waals surface area contributed by atoms with Gasteiger partial charge in [-0.2, -0.15) is 0 Å². The van der Waals surface area contributed by atoms with Gasteiger partial charge in [-0.05, 0) is 41.8 Å². The first kappa shape index (κ1) is 18.9. The summed E-state index contributed by atoms with van der Waals surface area (Å²) in [6.07, 6.45) is 0.982. The topological polar surface area (TPSA) is 96.5 Å². The van der Waals surface area contributed by atoms with Gasteiger partial charge in [0, 0.05) is 32.0 Å². The van der Waals surface area contributed by atoms with E-state index in [0.29, 0.717) is 30.5 Å². The molecule has 1 aromatic heterocycles. The summed E-state index contributed by atoms with van der Waals surface area (Å²) in [5.74, 6) is -1.65. The van der Waals surface area contributed by atoms with Crippen LogP contribution in [-0.4, -0.2) is 39.8 Å². The van der Waals surface area contributed by atoms with E-state index in [-0.39, 0.29) is 42.3 Å². The summed E-state index contributed by atoms with van der Waals surface area (Å²) in [7, 11) is 0. The molecule has 3 rings (SSSR count). The number of halogens is 2. The number of hydrogen-bond donors (Lipinski definition) is 2. The van der Waals surface area contributed by atoms with Crippen molar-refractivity contribution in [1.82, 2.24) is 9.88 Å². The summed E-state index contributed by atoms with van der Waals surface area (Å²) >= 11 is 0. The minimum Gasteiger partial charge on any atom is -0.493 e. The molecule has 0 radical (unpaired) electrons. The fourth-order valence-corrected chi connectivity index (χ4v) is 3.19. The van der Waals surface area contributed by atoms with Crippen molar-refractivity contribution in [3.05, 3.63) is 58.3 Å².